The van der Waals surface area contributed by atoms with E-state index in [-0.39, 0.29) is 9.62 Å². The van der Waals surface area contributed by atoms with E-state index in [9.17, 15) is 14.1 Å². The largest absolute Gasteiger partial charge is 0.383 e. The first-order chi connectivity index (χ1) is 14.9. The number of thiazole rings is 1. The van der Waals surface area contributed by atoms with E-state index < -0.39 is 21.5 Å². The van der Waals surface area contributed by atoms with E-state index in [1.165, 1.54) is 6.20 Å². The molecule has 0 saturated carbocycles. The highest BCUT2D eigenvalue weighted by molar-refractivity contribution is 7.94. The molecule has 2 amide bonds. The summed E-state index contributed by atoms with van der Waals surface area (Å²) in [4.78, 5) is 21.9. The number of hydrogen-bond donors (Lipinski definition) is 3. The van der Waals surface area contributed by atoms with Gasteiger partial charge in [-0.25, -0.2) is 18.7 Å². The topological polar surface area (TPSA) is 140 Å². The van der Waals surface area contributed by atoms with Crippen molar-refractivity contribution in [3.8, 4) is 6.19 Å². The molecule has 9 nitrogen and oxygen atoms in total. The van der Waals surface area contributed by atoms with Gasteiger partial charge in [0.1, 0.15) is 14.8 Å². The molecular formula is C21H26N6O3S2. The summed E-state index contributed by atoms with van der Waals surface area (Å²) in [6.45, 7) is 7.39. The van der Waals surface area contributed by atoms with Crippen LogP contribution in [0.1, 0.15) is 68.1 Å². The number of fused-ring (bicyclic) bond motifs is 2. The quantitative estimate of drug-likeness (QED) is 0.457. The molecule has 0 radical (unpaired) electrons. The van der Waals surface area contributed by atoms with Crippen LogP contribution in [0.4, 0.5) is 10.5 Å². The van der Waals surface area contributed by atoms with E-state index in [1.54, 1.807) is 20.0 Å². The molecule has 32 heavy (non-hydrogen) atoms. The molecule has 2 heterocycles. The average molecular weight is 475 g/mol. The second-order valence-corrected chi connectivity index (χ2v) is 12.4. The van der Waals surface area contributed by atoms with Crippen LogP contribution in [-0.2, 0) is 40.2 Å². The molecular weight excluding hydrogens is 448 g/mol. The predicted molar refractivity (Wildman–Crippen MR) is 122 cm³/mol. The fraction of sp³-hybridized carbons (Fsp3) is 0.524. The van der Waals surface area contributed by atoms with Crippen molar-refractivity contribution in [2.24, 2.45) is 4.36 Å². The van der Waals surface area contributed by atoms with E-state index in [2.05, 4.69) is 33.2 Å². The normalized spacial score (nSPS) is 18.2. The van der Waals surface area contributed by atoms with Crippen molar-refractivity contribution in [2.45, 2.75) is 75.0 Å². The number of nitrogens with one attached hydrogen (secondary N) is 2. The number of nitriles is 1. The third kappa shape index (κ3) is 3.98. The van der Waals surface area contributed by atoms with Crippen molar-refractivity contribution in [1.29, 1.82) is 5.26 Å². The van der Waals surface area contributed by atoms with Crippen LogP contribution in [-0.4, -0.2) is 25.3 Å². The Morgan fingerprint density at radius 1 is 1.34 bits per heavy atom. The molecule has 0 aromatic carbocycles. The van der Waals surface area contributed by atoms with Crippen LogP contribution in [0.5, 0.6) is 0 Å². The van der Waals surface area contributed by atoms with Gasteiger partial charge in [0.05, 0.1) is 17.6 Å². The van der Waals surface area contributed by atoms with E-state index in [4.69, 9.17) is 10.2 Å². The summed E-state index contributed by atoms with van der Waals surface area (Å²) in [6, 6.07) is -0.803. The maximum absolute atomic E-state index is 13.4. The number of rotatable bonds is 4. The van der Waals surface area contributed by atoms with Gasteiger partial charge in [-0.15, -0.1) is 15.7 Å². The van der Waals surface area contributed by atoms with E-state index >= 15 is 0 Å². The number of aryl methyl sites for hydroxylation is 1. The second kappa shape index (κ2) is 7.79. The Bertz CT molecular complexity index is 1260. The lowest BCUT2D eigenvalue weighted by Crippen LogP contribution is -2.22. The van der Waals surface area contributed by atoms with E-state index in [1.807, 2.05) is 0 Å². The van der Waals surface area contributed by atoms with Gasteiger partial charge in [0.2, 0.25) is 0 Å². The van der Waals surface area contributed by atoms with Gasteiger partial charge < -0.3 is 10.4 Å². The summed E-state index contributed by atoms with van der Waals surface area (Å²) in [7, 11) is -3.60. The highest BCUT2D eigenvalue weighted by atomic mass is 32.2. The number of urea groups is 1. The molecule has 2 aliphatic carbocycles. The first kappa shape index (κ1) is 22.6. The zero-order valence-electron chi connectivity index (χ0n) is 18.5. The standard InChI is InChI=1S/C21H26N6O3S2/c1-20(2)9-8-13-16(12-6-5-7-14(12)25-17(13)20)26-19(28)27-32(30,24-11-22)15-10-23-18(31-15)21(3,4)29/h10,29H,5-9H2,1-4H3,(H2,24,25,26,27,28,30)/t32-/m1/s1. The Balaban J connectivity index is 1.73. The number of nitrogens with zero attached hydrogens (tertiary/aromatic N) is 4. The third-order valence-electron chi connectivity index (χ3n) is 5.87. The number of hydrogen-bond acceptors (Lipinski definition) is 7. The maximum atomic E-state index is 13.4. The molecule has 2 aliphatic rings. The summed E-state index contributed by atoms with van der Waals surface area (Å²) in [5.41, 5.74) is 3.44. The molecule has 0 unspecified atom stereocenters. The Hall–Kier alpha value is -2.55. The lowest BCUT2D eigenvalue weighted by Gasteiger charge is -2.20. The summed E-state index contributed by atoms with van der Waals surface area (Å²) >= 11 is 0.941. The van der Waals surface area contributed by atoms with Gasteiger partial charge in [0, 0.05) is 11.1 Å². The van der Waals surface area contributed by atoms with Crippen LogP contribution in [0, 0.1) is 11.5 Å². The van der Waals surface area contributed by atoms with Gasteiger partial charge in [-0.1, -0.05) is 13.8 Å². The fourth-order valence-electron chi connectivity index (χ4n) is 4.23. The summed E-state index contributed by atoms with van der Waals surface area (Å²) in [6.07, 6.45) is 7.29. The molecule has 2 aromatic heterocycles. The lowest BCUT2D eigenvalue weighted by molar-refractivity contribution is 0.0783. The Kier molecular flexibility index (Phi) is 5.51. The van der Waals surface area contributed by atoms with Gasteiger partial charge in [-0.3, -0.25) is 4.98 Å². The number of carbonyl (C=O) groups is 1. The van der Waals surface area contributed by atoms with E-state index in [0.717, 1.165) is 71.6 Å². The number of aliphatic hydroxyl groups is 1. The number of anilines is 1. The van der Waals surface area contributed by atoms with Crippen LogP contribution >= 0.6 is 11.3 Å². The smallest absolute Gasteiger partial charge is 0.355 e. The third-order valence-corrected chi connectivity index (χ3v) is 9.35. The molecule has 0 fully saturated rings. The monoisotopic (exact) mass is 474 g/mol. The van der Waals surface area contributed by atoms with Gasteiger partial charge in [-0.05, 0) is 57.1 Å². The van der Waals surface area contributed by atoms with Crippen LogP contribution < -0.4 is 10.0 Å². The fourth-order valence-corrected chi connectivity index (χ4v) is 6.64. The highest BCUT2D eigenvalue weighted by Gasteiger charge is 2.36. The van der Waals surface area contributed by atoms with Crippen molar-refractivity contribution in [2.75, 3.05) is 5.32 Å². The molecule has 2 aromatic rings. The van der Waals surface area contributed by atoms with Gasteiger partial charge >= 0.3 is 6.03 Å². The number of amides is 2. The summed E-state index contributed by atoms with van der Waals surface area (Å²) in [5, 5.41) is 22.5. The molecule has 0 spiro atoms. The molecule has 1 atom stereocenters. The van der Waals surface area contributed by atoms with Crippen molar-refractivity contribution < 1.29 is 14.1 Å². The molecule has 0 saturated heterocycles. The van der Waals surface area contributed by atoms with Crippen LogP contribution in [0.15, 0.2) is 14.8 Å². The average Bonchev–Trinajstić information content (AvgIpc) is 3.41. The Morgan fingerprint density at radius 3 is 2.75 bits per heavy atom. The molecule has 4 rings (SSSR count). The zero-order chi connectivity index (χ0) is 23.3. The summed E-state index contributed by atoms with van der Waals surface area (Å²) in [5.74, 6) is 0. The summed E-state index contributed by atoms with van der Waals surface area (Å²) < 4.78 is 19.5. The first-order valence-electron chi connectivity index (χ1n) is 10.4. The SMILES string of the molecule is CC(C)(O)c1ncc([S@](=O)(=NC(=O)Nc2c3c(nc4c2CCC4(C)C)CCC3)NC#N)s1. The lowest BCUT2D eigenvalue weighted by atomic mass is 9.90. The minimum atomic E-state index is -3.60. The van der Waals surface area contributed by atoms with Crippen LogP contribution in [0.25, 0.3) is 0 Å². The zero-order valence-corrected chi connectivity index (χ0v) is 20.1. The molecule has 170 valence electrons. The highest BCUT2D eigenvalue weighted by Crippen LogP contribution is 2.44. The van der Waals surface area contributed by atoms with Crippen molar-refractivity contribution in [1.82, 2.24) is 14.7 Å². The minimum absolute atomic E-state index is 0.0738. The molecule has 0 bridgehead atoms. The van der Waals surface area contributed by atoms with Gasteiger partial charge in [0.15, 0.2) is 16.1 Å². The number of carbonyl (C=O) groups excluding carboxylic acids is 1. The molecule has 11 heteroatoms. The number of aromatic nitrogens is 2. The Labute approximate surface area is 191 Å². The second-order valence-electron chi connectivity index (χ2n) is 9.28. The molecule has 0 aliphatic heterocycles. The van der Waals surface area contributed by atoms with Crippen LogP contribution in [0.3, 0.4) is 0 Å². The van der Waals surface area contributed by atoms with Gasteiger partial charge in [0.25, 0.3) is 0 Å². The first-order valence-corrected chi connectivity index (χ1v) is 12.8. The van der Waals surface area contributed by atoms with Crippen LogP contribution in [0.2, 0.25) is 0 Å². The van der Waals surface area contributed by atoms with Crippen molar-refractivity contribution in [3.63, 3.8) is 0 Å². The van der Waals surface area contributed by atoms with Gasteiger partial charge in [-0.2, -0.15) is 5.26 Å². The van der Waals surface area contributed by atoms with Crippen molar-refractivity contribution >= 4 is 33.0 Å². The minimum Gasteiger partial charge on any atom is -0.383 e. The Morgan fingerprint density at radius 2 is 2.09 bits per heavy atom. The van der Waals surface area contributed by atoms with E-state index in [0.29, 0.717) is 5.01 Å². The predicted octanol–water partition coefficient (Wildman–Crippen LogP) is 3.52. The number of pyridine rings is 1. The molecule has 3 N–H and O–H groups in total. The maximum Gasteiger partial charge on any atom is 0.355 e. The van der Waals surface area contributed by atoms with Crippen molar-refractivity contribution in [3.05, 3.63) is 33.7 Å².